The Morgan fingerprint density at radius 3 is 2.62 bits per heavy atom. The van der Waals surface area contributed by atoms with Gasteiger partial charge in [-0.15, -0.1) is 11.3 Å². The number of thiophene rings is 1. The first-order valence-corrected chi connectivity index (χ1v) is 6.24. The van der Waals surface area contributed by atoms with Crippen molar-refractivity contribution in [2.75, 3.05) is 0 Å². The lowest BCUT2D eigenvalue weighted by Gasteiger charge is -2.03. The van der Waals surface area contributed by atoms with Gasteiger partial charge >= 0.3 is 0 Å². The minimum atomic E-state index is 0.451. The fourth-order valence-electron chi connectivity index (χ4n) is 1.28. The van der Waals surface area contributed by atoms with Gasteiger partial charge in [0.1, 0.15) is 11.8 Å². The lowest BCUT2D eigenvalue weighted by atomic mass is 10.2. The Morgan fingerprint density at radius 1 is 1.31 bits per heavy atom. The summed E-state index contributed by atoms with van der Waals surface area (Å²) in [5, 5.41) is 8.97. The van der Waals surface area contributed by atoms with E-state index >= 15 is 0 Å². The monoisotopic (exact) mass is 293 g/mol. The summed E-state index contributed by atoms with van der Waals surface area (Å²) in [6.45, 7) is 3.76. The summed E-state index contributed by atoms with van der Waals surface area (Å²) in [6.07, 6.45) is 0. The number of nitriles is 1. The van der Waals surface area contributed by atoms with Crippen molar-refractivity contribution in [3.8, 4) is 16.8 Å². The number of halogens is 1. The maximum atomic E-state index is 8.97. The Morgan fingerprint density at radius 2 is 2.06 bits per heavy atom. The van der Waals surface area contributed by atoms with Gasteiger partial charge in [-0.25, -0.2) is 9.97 Å². The van der Waals surface area contributed by atoms with Crippen LogP contribution in [-0.2, 0) is 0 Å². The van der Waals surface area contributed by atoms with Gasteiger partial charge < -0.3 is 0 Å². The Balaban J connectivity index is 2.60. The third-order valence-electron chi connectivity index (χ3n) is 2.29. The van der Waals surface area contributed by atoms with Gasteiger partial charge in [-0.3, -0.25) is 0 Å². The second-order valence-corrected chi connectivity index (χ2v) is 5.78. The van der Waals surface area contributed by atoms with Crippen LogP contribution in [0.4, 0.5) is 0 Å². The van der Waals surface area contributed by atoms with Crippen molar-refractivity contribution in [2.24, 2.45) is 0 Å². The molecule has 0 saturated heterocycles. The van der Waals surface area contributed by atoms with E-state index in [1.165, 1.54) is 0 Å². The number of aromatic nitrogens is 2. The molecule has 0 spiro atoms. The van der Waals surface area contributed by atoms with E-state index in [4.69, 9.17) is 5.26 Å². The van der Waals surface area contributed by atoms with Crippen molar-refractivity contribution >= 4 is 27.3 Å². The Kier molecular flexibility index (Phi) is 3.03. The maximum absolute atomic E-state index is 8.97. The van der Waals surface area contributed by atoms with E-state index in [-0.39, 0.29) is 0 Å². The Labute approximate surface area is 106 Å². The molecule has 2 rings (SSSR count). The van der Waals surface area contributed by atoms with Gasteiger partial charge in [-0.1, -0.05) is 0 Å². The van der Waals surface area contributed by atoms with Crippen LogP contribution in [0.25, 0.3) is 10.7 Å². The Hall–Kier alpha value is -1.25. The molecule has 16 heavy (non-hydrogen) atoms. The normalized spacial score (nSPS) is 10.1. The summed E-state index contributed by atoms with van der Waals surface area (Å²) >= 11 is 4.95. The average molecular weight is 294 g/mol. The van der Waals surface area contributed by atoms with Crippen molar-refractivity contribution in [1.82, 2.24) is 9.97 Å². The molecule has 0 amide bonds. The van der Waals surface area contributed by atoms with E-state index in [2.05, 4.69) is 32.0 Å². The molecule has 0 fully saturated rings. The van der Waals surface area contributed by atoms with E-state index in [0.29, 0.717) is 11.5 Å². The number of rotatable bonds is 1. The summed E-state index contributed by atoms with van der Waals surface area (Å²) in [5.41, 5.74) is 2.15. The fraction of sp³-hybridized carbons (Fsp3) is 0.182. The molecule has 0 aliphatic carbocycles. The van der Waals surface area contributed by atoms with E-state index < -0.39 is 0 Å². The Bertz CT molecular complexity index is 583. The second-order valence-electron chi connectivity index (χ2n) is 3.32. The first-order chi connectivity index (χ1) is 7.61. The number of hydrogen-bond donors (Lipinski definition) is 0. The molecule has 2 aromatic rings. The number of aryl methyl sites for hydroxylation is 1. The molecule has 2 heterocycles. The lowest BCUT2D eigenvalue weighted by Crippen LogP contribution is -1.98. The maximum Gasteiger partial charge on any atom is 0.171 e. The van der Waals surface area contributed by atoms with Crippen molar-refractivity contribution in [3.63, 3.8) is 0 Å². The molecule has 0 unspecified atom stereocenters. The molecule has 0 N–H and O–H groups in total. The number of nitrogens with zero attached hydrogens (tertiary/aromatic N) is 3. The molecule has 0 radical (unpaired) electrons. The summed E-state index contributed by atoms with van der Waals surface area (Å²) in [7, 11) is 0. The molecular weight excluding hydrogens is 286 g/mol. The highest BCUT2D eigenvalue weighted by Gasteiger charge is 2.10. The fourth-order valence-corrected chi connectivity index (χ4v) is 2.60. The molecular formula is C11H8BrN3S. The molecule has 0 aliphatic rings. The average Bonchev–Trinajstić information content (AvgIpc) is 2.69. The SMILES string of the molecule is Cc1nc(-c2ccc(Br)s2)nc(C#N)c1C. The third-order valence-corrected chi connectivity index (χ3v) is 3.91. The standard InChI is InChI=1S/C11H8BrN3S/c1-6-7(2)14-11(15-8(6)5-13)9-3-4-10(12)16-9/h3-4H,1-2H3. The first-order valence-electron chi connectivity index (χ1n) is 4.63. The van der Waals surface area contributed by atoms with Crippen LogP contribution in [0, 0.1) is 25.2 Å². The third kappa shape index (κ3) is 1.99. The van der Waals surface area contributed by atoms with E-state index in [9.17, 15) is 0 Å². The highest BCUT2D eigenvalue weighted by molar-refractivity contribution is 9.11. The van der Waals surface area contributed by atoms with Crippen LogP contribution in [-0.4, -0.2) is 9.97 Å². The molecule has 2 aromatic heterocycles. The second kappa shape index (κ2) is 4.32. The smallest absolute Gasteiger partial charge is 0.171 e. The highest BCUT2D eigenvalue weighted by Crippen LogP contribution is 2.29. The van der Waals surface area contributed by atoms with Gasteiger partial charge in [0.2, 0.25) is 0 Å². The summed E-state index contributed by atoms with van der Waals surface area (Å²) < 4.78 is 1.03. The lowest BCUT2D eigenvalue weighted by molar-refractivity contribution is 1.05. The van der Waals surface area contributed by atoms with Crippen molar-refractivity contribution in [3.05, 3.63) is 32.9 Å². The minimum Gasteiger partial charge on any atom is -0.232 e. The van der Waals surface area contributed by atoms with Crippen LogP contribution < -0.4 is 0 Å². The predicted octanol–water partition coefficient (Wildman–Crippen LogP) is 3.46. The number of hydrogen-bond acceptors (Lipinski definition) is 4. The summed E-state index contributed by atoms with van der Waals surface area (Å²) in [4.78, 5) is 9.61. The molecule has 0 atom stereocenters. The molecule has 0 bridgehead atoms. The van der Waals surface area contributed by atoms with E-state index in [1.807, 2.05) is 26.0 Å². The van der Waals surface area contributed by atoms with Crippen LogP contribution in [0.5, 0.6) is 0 Å². The largest absolute Gasteiger partial charge is 0.232 e. The minimum absolute atomic E-state index is 0.451. The van der Waals surface area contributed by atoms with Crippen molar-refractivity contribution in [2.45, 2.75) is 13.8 Å². The van der Waals surface area contributed by atoms with E-state index in [1.54, 1.807) is 11.3 Å². The van der Waals surface area contributed by atoms with Crippen LogP contribution in [0.2, 0.25) is 0 Å². The topological polar surface area (TPSA) is 49.6 Å². The molecule has 0 aliphatic heterocycles. The van der Waals surface area contributed by atoms with Crippen molar-refractivity contribution < 1.29 is 0 Å². The van der Waals surface area contributed by atoms with E-state index in [0.717, 1.165) is 19.9 Å². The molecule has 3 nitrogen and oxygen atoms in total. The zero-order valence-corrected chi connectivity index (χ0v) is 11.2. The van der Waals surface area contributed by atoms with Crippen LogP contribution >= 0.6 is 27.3 Å². The van der Waals surface area contributed by atoms with Gasteiger partial charge in [0.05, 0.1) is 8.66 Å². The van der Waals surface area contributed by atoms with Gasteiger partial charge in [0.25, 0.3) is 0 Å². The molecule has 0 saturated carbocycles. The van der Waals surface area contributed by atoms with Crippen LogP contribution in [0.3, 0.4) is 0 Å². The highest BCUT2D eigenvalue weighted by atomic mass is 79.9. The molecule has 80 valence electrons. The van der Waals surface area contributed by atoms with Crippen LogP contribution in [0.1, 0.15) is 17.0 Å². The summed E-state index contributed by atoms with van der Waals surface area (Å²) in [5.74, 6) is 0.621. The molecule has 0 aromatic carbocycles. The quantitative estimate of drug-likeness (QED) is 0.809. The molecule has 5 heteroatoms. The zero-order valence-electron chi connectivity index (χ0n) is 8.78. The zero-order chi connectivity index (χ0) is 11.7. The van der Waals surface area contributed by atoms with Crippen LogP contribution in [0.15, 0.2) is 15.9 Å². The van der Waals surface area contributed by atoms with Crippen molar-refractivity contribution in [1.29, 1.82) is 5.26 Å². The first kappa shape index (κ1) is 11.2. The summed E-state index contributed by atoms with van der Waals surface area (Å²) in [6, 6.07) is 5.99. The van der Waals surface area contributed by atoms with Gasteiger partial charge in [-0.05, 0) is 41.9 Å². The van der Waals surface area contributed by atoms with Gasteiger partial charge in [-0.2, -0.15) is 5.26 Å². The predicted molar refractivity (Wildman–Crippen MR) is 67.2 cm³/mol. The van der Waals surface area contributed by atoms with Gasteiger partial charge in [0.15, 0.2) is 5.82 Å². The van der Waals surface area contributed by atoms with Gasteiger partial charge in [0, 0.05) is 11.3 Å².